The van der Waals surface area contributed by atoms with Crippen LogP contribution < -0.4 is 10.6 Å². The number of non-ortho nitro benzene ring substituents is 1. The molecule has 0 unspecified atom stereocenters. The van der Waals surface area contributed by atoms with Crippen molar-refractivity contribution in [2.45, 2.75) is 38.1 Å². The van der Waals surface area contributed by atoms with Crippen molar-refractivity contribution in [1.82, 2.24) is 10.2 Å². The Morgan fingerprint density at radius 1 is 1.30 bits per heavy atom. The van der Waals surface area contributed by atoms with Gasteiger partial charge in [-0.05, 0) is 24.8 Å². The van der Waals surface area contributed by atoms with Crippen molar-refractivity contribution in [2.24, 2.45) is 5.92 Å². The van der Waals surface area contributed by atoms with E-state index in [1.165, 1.54) is 0 Å². The zero-order valence-electron chi connectivity index (χ0n) is 14.4. The smallest absolute Gasteiger partial charge is 0.325 e. The molecule has 10 heteroatoms. The lowest BCUT2D eigenvalue weighted by Crippen LogP contribution is -2.40. The van der Waals surface area contributed by atoms with Crippen molar-refractivity contribution in [1.29, 1.82) is 0 Å². The van der Waals surface area contributed by atoms with Crippen LogP contribution in [0.5, 0.6) is 0 Å². The summed E-state index contributed by atoms with van der Waals surface area (Å²) < 4.78 is 13.8. The van der Waals surface area contributed by atoms with Crippen molar-refractivity contribution < 1.29 is 23.7 Å². The van der Waals surface area contributed by atoms with Gasteiger partial charge in [-0.2, -0.15) is 0 Å². The van der Waals surface area contributed by atoms with Crippen LogP contribution in [-0.4, -0.2) is 40.3 Å². The predicted molar refractivity (Wildman–Crippen MR) is 92.3 cm³/mol. The highest BCUT2D eigenvalue weighted by Gasteiger charge is 2.43. The molecule has 9 nitrogen and oxygen atoms in total. The van der Waals surface area contributed by atoms with E-state index in [0.29, 0.717) is 0 Å². The third kappa shape index (κ3) is 4.04. The monoisotopic (exact) mass is 378 g/mol. The molecule has 1 aliphatic heterocycles. The number of rotatable bonds is 5. The number of carbonyl (C=O) groups is 3. The van der Waals surface area contributed by atoms with Gasteiger partial charge < -0.3 is 10.6 Å². The molecular weight excluding hydrogens is 359 g/mol. The Labute approximate surface area is 154 Å². The summed E-state index contributed by atoms with van der Waals surface area (Å²) in [5.41, 5.74) is -0.774. The average molecular weight is 378 g/mol. The van der Waals surface area contributed by atoms with E-state index in [1.54, 1.807) is 0 Å². The van der Waals surface area contributed by atoms with Crippen molar-refractivity contribution in [2.75, 3.05) is 11.9 Å². The van der Waals surface area contributed by atoms with E-state index in [2.05, 4.69) is 10.6 Å². The molecule has 1 aromatic rings. The zero-order chi connectivity index (χ0) is 19.6. The number of hydrogen-bond acceptors (Lipinski definition) is 5. The number of benzene rings is 1. The third-order valence-electron chi connectivity index (χ3n) is 4.91. The third-order valence-corrected chi connectivity index (χ3v) is 4.91. The summed E-state index contributed by atoms with van der Waals surface area (Å²) in [5.74, 6) is -2.09. The minimum atomic E-state index is -0.855. The van der Waals surface area contributed by atoms with E-state index in [1.807, 2.05) is 0 Å². The van der Waals surface area contributed by atoms with E-state index in [9.17, 15) is 28.9 Å². The van der Waals surface area contributed by atoms with Crippen LogP contribution in [0.15, 0.2) is 18.2 Å². The molecule has 1 heterocycles. The van der Waals surface area contributed by atoms with E-state index >= 15 is 0 Å². The summed E-state index contributed by atoms with van der Waals surface area (Å²) >= 11 is 0. The number of hydrogen-bond donors (Lipinski definition) is 2. The summed E-state index contributed by atoms with van der Waals surface area (Å²) in [6.07, 6.45) is 4.78. The minimum Gasteiger partial charge on any atom is -0.326 e. The van der Waals surface area contributed by atoms with Crippen LogP contribution >= 0.6 is 0 Å². The summed E-state index contributed by atoms with van der Waals surface area (Å²) in [7, 11) is 0. The second-order valence-corrected chi connectivity index (χ2v) is 6.72. The number of imide groups is 1. The van der Waals surface area contributed by atoms with Gasteiger partial charge in [0, 0.05) is 12.1 Å². The molecule has 144 valence electrons. The number of amides is 4. The van der Waals surface area contributed by atoms with Gasteiger partial charge in [-0.3, -0.25) is 24.6 Å². The number of nitro benzene ring substituents is 1. The molecule has 1 atom stereocenters. The number of carbonyl (C=O) groups excluding carboxylic acids is 3. The number of halogens is 1. The number of anilines is 1. The van der Waals surface area contributed by atoms with Crippen LogP contribution in [0.1, 0.15) is 32.1 Å². The standard InChI is InChI=1S/C17H19FN4O5/c18-12-7-6-11(22(26)27)8-13(12)19-14(23)9-21-16(24)15(20-17(21)25)10-4-2-1-3-5-10/h6-8,10,15H,1-5,9H2,(H,19,23)(H,20,25)/t15-/m1/s1. The highest BCUT2D eigenvalue weighted by molar-refractivity contribution is 6.08. The van der Waals surface area contributed by atoms with E-state index in [-0.39, 0.29) is 17.3 Å². The zero-order valence-corrected chi connectivity index (χ0v) is 14.4. The highest BCUT2D eigenvalue weighted by atomic mass is 19.1. The largest absolute Gasteiger partial charge is 0.326 e. The Balaban J connectivity index is 1.65. The molecule has 1 aromatic carbocycles. The molecule has 2 fully saturated rings. The van der Waals surface area contributed by atoms with E-state index in [4.69, 9.17) is 0 Å². The highest BCUT2D eigenvalue weighted by Crippen LogP contribution is 2.29. The van der Waals surface area contributed by atoms with Crippen LogP contribution in [0.2, 0.25) is 0 Å². The van der Waals surface area contributed by atoms with Gasteiger partial charge in [0.1, 0.15) is 18.4 Å². The van der Waals surface area contributed by atoms with Gasteiger partial charge in [0.15, 0.2) is 0 Å². The molecule has 4 amide bonds. The Morgan fingerprint density at radius 2 is 2.00 bits per heavy atom. The second kappa shape index (κ2) is 7.68. The number of nitrogens with one attached hydrogen (secondary N) is 2. The van der Waals surface area contributed by atoms with Gasteiger partial charge in [-0.15, -0.1) is 0 Å². The van der Waals surface area contributed by atoms with Crippen LogP contribution in [0.4, 0.5) is 20.6 Å². The molecule has 1 saturated heterocycles. The first-order chi connectivity index (χ1) is 12.9. The quantitative estimate of drug-likeness (QED) is 0.462. The normalized spacial score (nSPS) is 20.5. The Kier molecular flexibility index (Phi) is 5.33. The topological polar surface area (TPSA) is 122 Å². The van der Waals surface area contributed by atoms with Crippen LogP contribution in [0, 0.1) is 21.8 Å². The molecule has 0 spiro atoms. The van der Waals surface area contributed by atoms with Crippen molar-refractivity contribution in [3.05, 3.63) is 34.1 Å². The summed E-state index contributed by atoms with van der Waals surface area (Å²) in [6.45, 7) is -0.587. The second-order valence-electron chi connectivity index (χ2n) is 6.72. The molecule has 1 saturated carbocycles. The van der Waals surface area contributed by atoms with Gasteiger partial charge in [-0.25, -0.2) is 9.18 Å². The summed E-state index contributed by atoms with van der Waals surface area (Å²) in [4.78, 5) is 47.6. The van der Waals surface area contributed by atoms with Crippen LogP contribution in [0.25, 0.3) is 0 Å². The molecule has 2 N–H and O–H groups in total. The van der Waals surface area contributed by atoms with Gasteiger partial charge in [0.2, 0.25) is 5.91 Å². The molecule has 27 heavy (non-hydrogen) atoms. The van der Waals surface area contributed by atoms with Gasteiger partial charge in [0.05, 0.1) is 10.6 Å². The fraction of sp³-hybridized carbons (Fsp3) is 0.471. The maximum Gasteiger partial charge on any atom is 0.325 e. The molecular formula is C17H19FN4O5. The van der Waals surface area contributed by atoms with E-state index in [0.717, 1.165) is 55.2 Å². The Hall–Kier alpha value is -3.04. The molecule has 0 radical (unpaired) electrons. The lowest BCUT2D eigenvalue weighted by Gasteiger charge is -2.25. The lowest BCUT2D eigenvalue weighted by molar-refractivity contribution is -0.384. The summed E-state index contributed by atoms with van der Waals surface area (Å²) in [5, 5.41) is 15.6. The maximum absolute atomic E-state index is 13.8. The van der Waals surface area contributed by atoms with Crippen molar-refractivity contribution in [3.63, 3.8) is 0 Å². The van der Waals surface area contributed by atoms with Crippen LogP contribution in [0.3, 0.4) is 0 Å². The van der Waals surface area contributed by atoms with Crippen molar-refractivity contribution >= 4 is 29.2 Å². The Morgan fingerprint density at radius 3 is 2.67 bits per heavy atom. The average Bonchev–Trinajstić information content (AvgIpc) is 2.92. The van der Waals surface area contributed by atoms with Gasteiger partial charge in [-0.1, -0.05) is 19.3 Å². The molecule has 3 rings (SSSR count). The Bertz CT molecular complexity index is 794. The fourth-order valence-corrected chi connectivity index (χ4v) is 3.53. The first-order valence-electron chi connectivity index (χ1n) is 8.72. The molecule has 1 aliphatic carbocycles. The van der Waals surface area contributed by atoms with Gasteiger partial charge >= 0.3 is 6.03 Å². The maximum atomic E-state index is 13.8. The molecule has 0 bridgehead atoms. The number of urea groups is 1. The predicted octanol–water partition coefficient (Wildman–Crippen LogP) is 2.17. The number of nitro groups is 1. The fourth-order valence-electron chi connectivity index (χ4n) is 3.53. The first kappa shape index (κ1) is 18.7. The van der Waals surface area contributed by atoms with E-state index < -0.39 is 41.2 Å². The van der Waals surface area contributed by atoms with Gasteiger partial charge in [0.25, 0.3) is 11.6 Å². The lowest BCUT2D eigenvalue weighted by atomic mass is 9.84. The summed E-state index contributed by atoms with van der Waals surface area (Å²) in [6, 6.07) is 1.41. The SMILES string of the molecule is O=C(CN1C(=O)N[C@H](C2CCCCC2)C1=O)Nc1cc([N+](=O)[O-])ccc1F. The molecule has 0 aromatic heterocycles. The van der Waals surface area contributed by atoms with Crippen molar-refractivity contribution in [3.8, 4) is 0 Å². The van der Waals surface area contributed by atoms with Crippen LogP contribution in [-0.2, 0) is 9.59 Å². The first-order valence-corrected chi connectivity index (χ1v) is 8.72. The minimum absolute atomic E-state index is 0.0532. The molecule has 2 aliphatic rings. The number of nitrogens with zero attached hydrogens (tertiary/aromatic N) is 2.